The van der Waals surface area contributed by atoms with Crippen LogP contribution in [0.15, 0.2) is 28.0 Å². The van der Waals surface area contributed by atoms with Crippen LogP contribution >= 0.6 is 22.4 Å². The van der Waals surface area contributed by atoms with Crippen LogP contribution in [0.3, 0.4) is 0 Å². The fourth-order valence-corrected chi connectivity index (χ4v) is 2.42. The van der Waals surface area contributed by atoms with Crippen molar-refractivity contribution in [3.05, 3.63) is 18.2 Å². The maximum absolute atomic E-state index is 12.0. The number of thioether (sulfide) groups is 1. The third-order valence-electron chi connectivity index (χ3n) is 1.64. The van der Waals surface area contributed by atoms with E-state index in [2.05, 4.69) is 4.74 Å². The normalized spacial score (nSPS) is 12.5. The van der Waals surface area contributed by atoms with Crippen molar-refractivity contribution in [3.63, 3.8) is 0 Å². The van der Waals surface area contributed by atoms with Gasteiger partial charge in [-0.25, -0.2) is 8.42 Å². The first-order chi connectivity index (χ1) is 7.63. The average Bonchev–Trinajstić information content (AvgIpc) is 2.14. The standard InChI is InChI=1S/C8H6ClF3O3S2/c1-16-7-4-5(17(9,13)14)2-3-6(7)15-8(10,11)12/h2-4H,1H3. The first-order valence-electron chi connectivity index (χ1n) is 4.02. The molecule has 17 heavy (non-hydrogen) atoms. The second-order valence-corrected chi connectivity index (χ2v) is 6.21. The smallest absolute Gasteiger partial charge is 0.405 e. The number of rotatable bonds is 3. The Morgan fingerprint density at radius 1 is 1.35 bits per heavy atom. The lowest BCUT2D eigenvalue weighted by atomic mass is 10.3. The Morgan fingerprint density at radius 2 is 1.94 bits per heavy atom. The highest BCUT2D eigenvalue weighted by atomic mass is 35.7. The Morgan fingerprint density at radius 3 is 2.35 bits per heavy atom. The minimum absolute atomic E-state index is 0.0315. The lowest BCUT2D eigenvalue weighted by molar-refractivity contribution is -0.275. The SMILES string of the molecule is CSc1cc(S(=O)(=O)Cl)ccc1OC(F)(F)F. The first kappa shape index (κ1) is 14.5. The molecule has 0 radical (unpaired) electrons. The number of hydrogen-bond acceptors (Lipinski definition) is 4. The monoisotopic (exact) mass is 306 g/mol. The van der Waals surface area contributed by atoms with E-state index in [9.17, 15) is 21.6 Å². The molecule has 0 aromatic heterocycles. The van der Waals surface area contributed by atoms with Crippen molar-refractivity contribution in [2.75, 3.05) is 6.26 Å². The molecule has 0 atom stereocenters. The molecule has 0 saturated heterocycles. The van der Waals surface area contributed by atoms with Gasteiger partial charge < -0.3 is 4.74 Å². The average molecular weight is 307 g/mol. The molecule has 0 fully saturated rings. The quantitative estimate of drug-likeness (QED) is 0.635. The molecule has 0 heterocycles. The summed E-state index contributed by atoms with van der Waals surface area (Å²) < 4.78 is 61.8. The highest BCUT2D eigenvalue weighted by Gasteiger charge is 2.32. The fraction of sp³-hybridized carbons (Fsp3) is 0.250. The molecule has 9 heteroatoms. The maximum atomic E-state index is 12.0. The summed E-state index contributed by atoms with van der Waals surface area (Å²) in [5, 5.41) is 0. The predicted molar refractivity (Wildman–Crippen MR) is 57.9 cm³/mol. The van der Waals surface area contributed by atoms with E-state index in [1.165, 1.54) is 6.26 Å². The summed E-state index contributed by atoms with van der Waals surface area (Å²) in [6, 6.07) is 2.88. The van der Waals surface area contributed by atoms with Gasteiger partial charge in [0.15, 0.2) is 0 Å². The molecule has 0 amide bonds. The zero-order valence-electron chi connectivity index (χ0n) is 8.29. The van der Waals surface area contributed by atoms with E-state index in [1.807, 2.05) is 0 Å². The van der Waals surface area contributed by atoms with Gasteiger partial charge in [0.2, 0.25) is 0 Å². The first-order valence-corrected chi connectivity index (χ1v) is 7.55. The van der Waals surface area contributed by atoms with Crippen LogP contribution in [0.4, 0.5) is 13.2 Å². The highest BCUT2D eigenvalue weighted by molar-refractivity contribution is 8.13. The number of alkyl halides is 3. The van der Waals surface area contributed by atoms with E-state index < -0.39 is 21.2 Å². The lowest BCUT2D eigenvalue weighted by Crippen LogP contribution is -2.17. The van der Waals surface area contributed by atoms with Crippen LogP contribution in [0.2, 0.25) is 0 Å². The summed E-state index contributed by atoms with van der Waals surface area (Å²) in [6.45, 7) is 0. The van der Waals surface area contributed by atoms with Crippen molar-refractivity contribution >= 4 is 31.5 Å². The fourth-order valence-electron chi connectivity index (χ4n) is 1.01. The Kier molecular flexibility index (Phi) is 4.21. The molecule has 0 aliphatic heterocycles. The zero-order valence-corrected chi connectivity index (χ0v) is 10.7. The predicted octanol–water partition coefficient (Wildman–Crippen LogP) is 3.23. The van der Waals surface area contributed by atoms with Gasteiger partial charge in [0.05, 0.1) is 9.79 Å². The van der Waals surface area contributed by atoms with Gasteiger partial charge in [0, 0.05) is 10.7 Å². The minimum atomic E-state index is -4.83. The van der Waals surface area contributed by atoms with E-state index in [4.69, 9.17) is 10.7 Å². The molecule has 1 rings (SSSR count). The number of halogens is 4. The molecule has 0 spiro atoms. The molecule has 1 aromatic carbocycles. The molecule has 0 N–H and O–H groups in total. The molecular formula is C8H6ClF3O3S2. The zero-order chi connectivity index (χ0) is 13.3. The summed E-state index contributed by atoms with van der Waals surface area (Å²) in [4.78, 5) is -0.248. The van der Waals surface area contributed by atoms with E-state index in [0.29, 0.717) is 0 Å². The second kappa shape index (κ2) is 4.95. The van der Waals surface area contributed by atoms with Gasteiger partial charge in [-0.3, -0.25) is 0 Å². The van der Waals surface area contributed by atoms with Crippen molar-refractivity contribution in [1.82, 2.24) is 0 Å². The Labute approximate surface area is 104 Å². The largest absolute Gasteiger partial charge is 0.573 e. The molecule has 1 aromatic rings. The Hall–Kier alpha value is -0.600. The van der Waals surface area contributed by atoms with Crippen LogP contribution in [0.25, 0.3) is 0 Å². The molecule has 3 nitrogen and oxygen atoms in total. The third kappa shape index (κ3) is 4.29. The summed E-state index contributed by atoms with van der Waals surface area (Å²) in [6.07, 6.45) is -3.34. The summed E-state index contributed by atoms with van der Waals surface area (Å²) >= 11 is 0.918. The van der Waals surface area contributed by atoms with Crippen molar-refractivity contribution in [3.8, 4) is 5.75 Å². The van der Waals surface area contributed by atoms with Crippen LogP contribution in [0.5, 0.6) is 5.75 Å². The van der Waals surface area contributed by atoms with Crippen molar-refractivity contribution in [1.29, 1.82) is 0 Å². The Bertz CT molecular complexity index is 513. The summed E-state index contributed by atoms with van der Waals surface area (Å²) in [7, 11) is 1.10. The van der Waals surface area contributed by atoms with Crippen LogP contribution in [0.1, 0.15) is 0 Å². The molecule has 96 valence electrons. The van der Waals surface area contributed by atoms with Crippen LogP contribution in [-0.2, 0) is 9.05 Å². The number of ether oxygens (including phenoxy) is 1. The van der Waals surface area contributed by atoms with Crippen LogP contribution in [0, 0.1) is 0 Å². The lowest BCUT2D eigenvalue weighted by Gasteiger charge is -2.12. The van der Waals surface area contributed by atoms with Crippen molar-refractivity contribution in [2.24, 2.45) is 0 Å². The Balaban J connectivity index is 3.19. The molecular weight excluding hydrogens is 301 g/mol. The van der Waals surface area contributed by atoms with Gasteiger partial charge >= 0.3 is 6.36 Å². The third-order valence-corrected chi connectivity index (χ3v) is 3.75. The topological polar surface area (TPSA) is 43.4 Å². The van der Waals surface area contributed by atoms with E-state index in [0.717, 1.165) is 30.0 Å². The van der Waals surface area contributed by atoms with Gasteiger partial charge in [-0.05, 0) is 24.5 Å². The molecule has 0 bridgehead atoms. The van der Waals surface area contributed by atoms with Crippen molar-refractivity contribution in [2.45, 2.75) is 16.2 Å². The maximum Gasteiger partial charge on any atom is 0.573 e. The summed E-state index contributed by atoms with van der Waals surface area (Å²) in [5.41, 5.74) is 0. The van der Waals surface area contributed by atoms with Crippen LogP contribution in [-0.4, -0.2) is 21.0 Å². The number of hydrogen-bond donors (Lipinski definition) is 0. The summed E-state index contributed by atoms with van der Waals surface area (Å²) in [5.74, 6) is -0.464. The van der Waals surface area contributed by atoms with Gasteiger partial charge in [-0.1, -0.05) is 0 Å². The second-order valence-electron chi connectivity index (χ2n) is 2.80. The van der Waals surface area contributed by atoms with Gasteiger partial charge in [0.25, 0.3) is 9.05 Å². The van der Waals surface area contributed by atoms with Crippen molar-refractivity contribution < 1.29 is 26.3 Å². The molecule has 0 unspecified atom stereocenters. The van der Waals surface area contributed by atoms with Gasteiger partial charge in [-0.2, -0.15) is 0 Å². The van der Waals surface area contributed by atoms with E-state index in [-0.39, 0.29) is 9.79 Å². The molecule has 0 aliphatic carbocycles. The van der Waals surface area contributed by atoms with E-state index in [1.54, 1.807) is 0 Å². The van der Waals surface area contributed by atoms with Crippen LogP contribution < -0.4 is 4.74 Å². The number of benzene rings is 1. The van der Waals surface area contributed by atoms with E-state index >= 15 is 0 Å². The molecule has 0 aliphatic rings. The highest BCUT2D eigenvalue weighted by Crippen LogP contribution is 2.34. The van der Waals surface area contributed by atoms with Gasteiger partial charge in [0.1, 0.15) is 5.75 Å². The minimum Gasteiger partial charge on any atom is -0.405 e. The molecule has 0 saturated carbocycles. The van der Waals surface area contributed by atoms with Gasteiger partial charge in [-0.15, -0.1) is 24.9 Å².